The van der Waals surface area contributed by atoms with E-state index < -0.39 is 0 Å². The smallest absolute Gasteiger partial charge is 0.157 e. The lowest BCUT2D eigenvalue weighted by Crippen LogP contribution is -2.24. The molecule has 1 aromatic heterocycles. The van der Waals surface area contributed by atoms with Crippen molar-refractivity contribution in [1.82, 2.24) is 20.3 Å². The van der Waals surface area contributed by atoms with Crippen LogP contribution in [-0.4, -0.2) is 41.0 Å². The zero-order valence-electron chi connectivity index (χ0n) is 12.5. The summed E-state index contributed by atoms with van der Waals surface area (Å²) in [6.45, 7) is 8.30. The van der Waals surface area contributed by atoms with Gasteiger partial charge in [0.15, 0.2) is 6.29 Å². The van der Waals surface area contributed by atoms with E-state index in [0.29, 0.717) is 12.5 Å². The van der Waals surface area contributed by atoms with Gasteiger partial charge in [-0.1, -0.05) is 19.1 Å². The van der Waals surface area contributed by atoms with Crippen LogP contribution in [-0.2, 0) is 22.6 Å². The Balaban J connectivity index is 1.62. The standard InChI is InChI=1S/C14H26N4O2/c1-12(2)9-15-10-13-11-18(17-16-13)6-8-20-14-5-3-4-7-19-14/h11-12,14-15H,3-10H2,1-2H3. The first-order chi connectivity index (χ1) is 9.74. The summed E-state index contributed by atoms with van der Waals surface area (Å²) < 4.78 is 13.0. The molecule has 1 aromatic rings. The summed E-state index contributed by atoms with van der Waals surface area (Å²) in [5.41, 5.74) is 0.972. The highest BCUT2D eigenvalue weighted by molar-refractivity contribution is 4.91. The first-order valence-corrected chi connectivity index (χ1v) is 7.57. The van der Waals surface area contributed by atoms with Crippen molar-refractivity contribution in [1.29, 1.82) is 0 Å². The molecule has 0 aliphatic carbocycles. The number of hydrogen-bond acceptors (Lipinski definition) is 5. The SMILES string of the molecule is CC(C)CNCc1cn(CCOC2CCCCO2)nn1. The zero-order chi connectivity index (χ0) is 14.2. The molecule has 1 saturated heterocycles. The Labute approximate surface area is 120 Å². The number of hydrogen-bond donors (Lipinski definition) is 1. The van der Waals surface area contributed by atoms with E-state index in [-0.39, 0.29) is 6.29 Å². The van der Waals surface area contributed by atoms with Crippen molar-refractivity contribution in [2.75, 3.05) is 19.8 Å². The van der Waals surface area contributed by atoms with Gasteiger partial charge in [0.1, 0.15) is 0 Å². The van der Waals surface area contributed by atoms with Crippen LogP contribution in [0.2, 0.25) is 0 Å². The fraction of sp³-hybridized carbons (Fsp3) is 0.857. The molecule has 1 aliphatic rings. The molecular weight excluding hydrogens is 256 g/mol. The molecule has 0 radical (unpaired) electrons. The van der Waals surface area contributed by atoms with Gasteiger partial charge in [0, 0.05) is 19.3 Å². The molecule has 1 unspecified atom stereocenters. The second-order valence-electron chi connectivity index (χ2n) is 5.66. The third kappa shape index (κ3) is 5.56. The van der Waals surface area contributed by atoms with Crippen molar-refractivity contribution in [3.05, 3.63) is 11.9 Å². The van der Waals surface area contributed by atoms with Crippen molar-refractivity contribution in [3.8, 4) is 0 Å². The molecule has 1 aliphatic heterocycles. The van der Waals surface area contributed by atoms with E-state index in [1.54, 1.807) is 0 Å². The molecule has 2 rings (SSSR count). The van der Waals surface area contributed by atoms with Gasteiger partial charge in [0.05, 0.1) is 18.8 Å². The number of rotatable bonds is 8. The molecule has 1 N–H and O–H groups in total. The maximum Gasteiger partial charge on any atom is 0.157 e. The summed E-state index contributed by atoms with van der Waals surface area (Å²) in [7, 11) is 0. The summed E-state index contributed by atoms with van der Waals surface area (Å²) in [6, 6.07) is 0. The second-order valence-corrected chi connectivity index (χ2v) is 5.66. The van der Waals surface area contributed by atoms with Crippen molar-refractivity contribution in [2.24, 2.45) is 5.92 Å². The molecule has 114 valence electrons. The van der Waals surface area contributed by atoms with Crippen LogP contribution in [0.5, 0.6) is 0 Å². The minimum atomic E-state index is -0.0283. The van der Waals surface area contributed by atoms with Crippen LogP contribution in [0.4, 0.5) is 0 Å². The number of nitrogens with zero attached hydrogens (tertiary/aromatic N) is 3. The van der Waals surface area contributed by atoms with Gasteiger partial charge in [0.2, 0.25) is 0 Å². The first-order valence-electron chi connectivity index (χ1n) is 7.57. The molecule has 1 fully saturated rings. The van der Waals surface area contributed by atoms with Crippen LogP contribution in [0.15, 0.2) is 6.20 Å². The van der Waals surface area contributed by atoms with E-state index in [9.17, 15) is 0 Å². The van der Waals surface area contributed by atoms with Gasteiger partial charge in [-0.2, -0.15) is 0 Å². The third-order valence-electron chi connectivity index (χ3n) is 3.21. The predicted octanol–water partition coefficient (Wildman–Crippen LogP) is 1.57. The average Bonchev–Trinajstić information content (AvgIpc) is 2.87. The number of nitrogens with one attached hydrogen (secondary N) is 1. The largest absolute Gasteiger partial charge is 0.353 e. The first kappa shape index (κ1) is 15.4. The molecule has 0 aromatic carbocycles. The second kappa shape index (κ2) is 8.34. The molecule has 20 heavy (non-hydrogen) atoms. The van der Waals surface area contributed by atoms with Crippen molar-refractivity contribution < 1.29 is 9.47 Å². The predicted molar refractivity (Wildman–Crippen MR) is 76.1 cm³/mol. The van der Waals surface area contributed by atoms with E-state index in [2.05, 4.69) is 29.5 Å². The number of aromatic nitrogens is 3. The van der Waals surface area contributed by atoms with Crippen molar-refractivity contribution >= 4 is 0 Å². The van der Waals surface area contributed by atoms with Crippen LogP contribution < -0.4 is 5.32 Å². The minimum Gasteiger partial charge on any atom is -0.353 e. The van der Waals surface area contributed by atoms with Gasteiger partial charge < -0.3 is 14.8 Å². The molecular formula is C14H26N4O2. The lowest BCUT2D eigenvalue weighted by molar-refractivity contribution is -0.163. The van der Waals surface area contributed by atoms with E-state index in [1.807, 2.05) is 10.9 Å². The molecule has 6 nitrogen and oxygen atoms in total. The highest BCUT2D eigenvalue weighted by Gasteiger charge is 2.13. The molecule has 0 bridgehead atoms. The molecule has 0 spiro atoms. The van der Waals surface area contributed by atoms with Crippen LogP contribution in [0.1, 0.15) is 38.8 Å². The van der Waals surface area contributed by atoms with E-state index in [1.165, 1.54) is 6.42 Å². The Hall–Kier alpha value is -0.980. The van der Waals surface area contributed by atoms with Crippen molar-refractivity contribution in [2.45, 2.75) is 52.5 Å². The Morgan fingerprint density at radius 2 is 2.40 bits per heavy atom. The number of ether oxygens (including phenoxy) is 2. The van der Waals surface area contributed by atoms with E-state index in [0.717, 1.165) is 44.8 Å². The van der Waals surface area contributed by atoms with Gasteiger partial charge in [-0.25, -0.2) is 4.68 Å². The lowest BCUT2D eigenvalue weighted by Gasteiger charge is -2.22. The van der Waals surface area contributed by atoms with Gasteiger partial charge in [0.25, 0.3) is 0 Å². The Bertz CT molecular complexity index is 375. The molecule has 0 saturated carbocycles. The van der Waals surface area contributed by atoms with E-state index >= 15 is 0 Å². The average molecular weight is 282 g/mol. The van der Waals surface area contributed by atoms with Gasteiger partial charge in [-0.3, -0.25) is 0 Å². The molecule has 2 heterocycles. The maximum absolute atomic E-state index is 5.68. The summed E-state index contributed by atoms with van der Waals surface area (Å²) in [4.78, 5) is 0. The van der Waals surface area contributed by atoms with Crippen LogP contribution >= 0.6 is 0 Å². The summed E-state index contributed by atoms with van der Waals surface area (Å²) in [5.74, 6) is 0.647. The van der Waals surface area contributed by atoms with Gasteiger partial charge in [-0.15, -0.1) is 5.10 Å². The maximum atomic E-state index is 5.68. The summed E-state index contributed by atoms with van der Waals surface area (Å²) in [6.07, 6.45) is 5.29. The quantitative estimate of drug-likeness (QED) is 0.784. The zero-order valence-corrected chi connectivity index (χ0v) is 12.5. The Kier molecular flexibility index (Phi) is 6.42. The van der Waals surface area contributed by atoms with Crippen LogP contribution in [0, 0.1) is 5.92 Å². The van der Waals surface area contributed by atoms with Crippen LogP contribution in [0.3, 0.4) is 0 Å². The highest BCUT2D eigenvalue weighted by atomic mass is 16.7. The topological polar surface area (TPSA) is 61.2 Å². The summed E-state index contributed by atoms with van der Waals surface area (Å²) in [5, 5.41) is 11.6. The third-order valence-corrected chi connectivity index (χ3v) is 3.21. The van der Waals surface area contributed by atoms with Crippen molar-refractivity contribution in [3.63, 3.8) is 0 Å². The van der Waals surface area contributed by atoms with Gasteiger partial charge >= 0.3 is 0 Å². The summed E-state index contributed by atoms with van der Waals surface area (Å²) >= 11 is 0. The molecule has 0 amide bonds. The van der Waals surface area contributed by atoms with Crippen LogP contribution in [0.25, 0.3) is 0 Å². The normalized spacial score (nSPS) is 19.6. The molecule has 1 atom stereocenters. The Morgan fingerprint density at radius 1 is 1.50 bits per heavy atom. The Morgan fingerprint density at radius 3 is 3.15 bits per heavy atom. The fourth-order valence-electron chi connectivity index (χ4n) is 2.14. The lowest BCUT2D eigenvalue weighted by atomic mass is 10.2. The molecule has 6 heteroatoms. The fourth-order valence-corrected chi connectivity index (χ4v) is 2.14. The minimum absolute atomic E-state index is 0.0283. The van der Waals surface area contributed by atoms with Gasteiger partial charge in [-0.05, 0) is 31.7 Å². The monoisotopic (exact) mass is 282 g/mol. The highest BCUT2D eigenvalue weighted by Crippen LogP contribution is 2.13. The van der Waals surface area contributed by atoms with E-state index in [4.69, 9.17) is 9.47 Å².